The lowest BCUT2D eigenvalue weighted by Gasteiger charge is -2.19. The molecule has 0 saturated carbocycles. The number of carbonyl (C=O) groups is 2. The minimum atomic E-state index is -0.517. The molecule has 4 heteroatoms. The molecule has 1 rings (SSSR count). The fourth-order valence-electron chi connectivity index (χ4n) is 1.57. The Morgan fingerprint density at radius 1 is 1.10 bits per heavy atom. The van der Waals surface area contributed by atoms with Gasteiger partial charge in [0.25, 0.3) is 0 Å². The number of esters is 2. The zero-order chi connectivity index (χ0) is 15.3. The molecule has 0 spiro atoms. The van der Waals surface area contributed by atoms with Gasteiger partial charge >= 0.3 is 11.9 Å². The maximum atomic E-state index is 11.8. The van der Waals surface area contributed by atoms with Crippen molar-refractivity contribution in [2.24, 2.45) is 0 Å². The summed E-state index contributed by atoms with van der Waals surface area (Å²) in [6.07, 6.45) is 0.0794. The maximum absolute atomic E-state index is 11.8. The second-order valence-electron chi connectivity index (χ2n) is 5.91. The molecular formula is C16H22O4. The van der Waals surface area contributed by atoms with E-state index in [2.05, 4.69) is 0 Å². The van der Waals surface area contributed by atoms with Crippen molar-refractivity contribution < 1.29 is 19.1 Å². The van der Waals surface area contributed by atoms with Crippen LogP contribution in [0.2, 0.25) is 0 Å². The van der Waals surface area contributed by atoms with E-state index in [9.17, 15) is 9.59 Å². The normalized spacial score (nSPS) is 11.3. The summed E-state index contributed by atoms with van der Waals surface area (Å²) >= 11 is 0. The van der Waals surface area contributed by atoms with Crippen LogP contribution in [0.3, 0.4) is 0 Å². The molecule has 0 atom stereocenters. The second-order valence-corrected chi connectivity index (χ2v) is 5.91. The molecule has 0 amide bonds. The predicted molar refractivity (Wildman–Crippen MR) is 76.5 cm³/mol. The summed E-state index contributed by atoms with van der Waals surface area (Å²) in [6, 6.07) is 6.79. The lowest BCUT2D eigenvalue weighted by molar-refractivity contribution is -0.146. The van der Waals surface area contributed by atoms with Gasteiger partial charge in [-0.3, -0.25) is 4.79 Å². The van der Waals surface area contributed by atoms with Gasteiger partial charge in [0.15, 0.2) is 0 Å². The largest absolute Gasteiger partial charge is 0.463 e. The Kier molecular flexibility index (Phi) is 5.31. The van der Waals surface area contributed by atoms with E-state index in [1.54, 1.807) is 24.3 Å². The molecule has 0 aromatic heterocycles. The number of hydrogen-bond donors (Lipinski definition) is 0. The number of hydrogen-bond acceptors (Lipinski definition) is 4. The average Bonchev–Trinajstić information content (AvgIpc) is 2.26. The Labute approximate surface area is 120 Å². The molecule has 1 aromatic carbocycles. The maximum Gasteiger partial charge on any atom is 0.338 e. The summed E-state index contributed by atoms with van der Waals surface area (Å²) in [5.41, 5.74) is 0.764. The van der Waals surface area contributed by atoms with Crippen molar-refractivity contribution >= 4 is 11.9 Å². The third kappa shape index (κ3) is 5.87. The quantitative estimate of drug-likeness (QED) is 0.794. The Bertz CT molecular complexity index is 466. The van der Waals surface area contributed by atoms with Gasteiger partial charge in [-0.15, -0.1) is 0 Å². The van der Waals surface area contributed by atoms with Crippen molar-refractivity contribution in [2.75, 3.05) is 0 Å². The minimum absolute atomic E-state index is 0.122. The molecular weight excluding hydrogens is 256 g/mol. The third-order valence-electron chi connectivity index (χ3n) is 2.30. The minimum Gasteiger partial charge on any atom is -0.463 e. The molecule has 0 radical (unpaired) electrons. The number of benzene rings is 1. The highest BCUT2D eigenvalue weighted by atomic mass is 16.6. The fourth-order valence-corrected chi connectivity index (χ4v) is 1.57. The van der Waals surface area contributed by atoms with Gasteiger partial charge in [-0.2, -0.15) is 0 Å². The van der Waals surface area contributed by atoms with Crippen LogP contribution in [0.25, 0.3) is 0 Å². The Balaban J connectivity index is 2.65. The van der Waals surface area contributed by atoms with Crippen LogP contribution >= 0.6 is 0 Å². The molecule has 0 heterocycles. The van der Waals surface area contributed by atoms with Crippen LogP contribution in [0, 0.1) is 0 Å². The van der Waals surface area contributed by atoms with Gasteiger partial charge in [0.2, 0.25) is 0 Å². The van der Waals surface area contributed by atoms with E-state index < -0.39 is 5.60 Å². The van der Waals surface area contributed by atoms with E-state index in [1.165, 1.54) is 0 Å². The third-order valence-corrected chi connectivity index (χ3v) is 2.30. The number of carbonyl (C=O) groups excluding carboxylic acids is 2. The van der Waals surface area contributed by atoms with Gasteiger partial charge < -0.3 is 9.47 Å². The van der Waals surface area contributed by atoms with Gasteiger partial charge in [0.1, 0.15) is 5.60 Å². The highest BCUT2D eigenvalue weighted by molar-refractivity contribution is 5.89. The Morgan fingerprint density at radius 3 is 2.10 bits per heavy atom. The van der Waals surface area contributed by atoms with Crippen LogP contribution in [0.1, 0.15) is 50.5 Å². The van der Waals surface area contributed by atoms with Crippen LogP contribution in [0.4, 0.5) is 0 Å². The highest BCUT2D eigenvalue weighted by Crippen LogP contribution is 2.13. The van der Waals surface area contributed by atoms with Gasteiger partial charge in [0.05, 0.1) is 18.1 Å². The zero-order valence-corrected chi connectivity index (χ0v) is 12.7. The van der Waals surface area contributed by atoms with Crippen LogP contribution in [-0.2, 0) is 20.7 Å². The molecule has 0 fully saturated rings. The van der Waals surface area contributed by atoms with Crippen LogP contribution < -0.4 is 0 Å². The molecule has 0 aliphatic carbocycles. The smallest absolute Gasteiger partial charge is 0.338 e. The van der Waals surface area contributed by atoms with E-state index in [0.717, 1.165) is 5.56 Å². The van der Waals surface area contributed by atoms with Gasteiger partial charge in [-0.1, -0.05) is 12.1 Å². The van der Waals surface area contributed by atoms with Crippen molar-refractivity contribution in [3.05, 3.63) is 35.4 Å². The van der Waals surface area contributed by atoms with Gasteiger partial charge in [0, 0.05) is 0 Å². The lowest BCUT2D eigenvalue weighted by atomic mass is 10.1. The standard InChI is InChI=1S/C16H22O4/c1-11(2)19-14(17)10-12-6-8-13(9-7-12)15(18)20-16(3,4)5/h6-9,11H,10H2,1-5H3. The molecule has 0 aliphatic rings. The molecule has 20 heavy (non-hydrogen) atoms. The second kappa shape index (κ2) is 6.55. The molecule has 0 unspecified atom stereocenters. The number of rotatable bonds is 4. The summed E-state index contributed by atoms with van der Waals surface area (Å²) in [4.78, 5) is 23.3. The van der Waals surface area contributed by atoms with Crippen LogP contribution in [0.5, 0.6) is 0 Å². The molecule has 4 nitrogen and oxygen atoms in total. The first-order valence-electron chi connectivity index (χ1n) is 6.69. The van der Waals surface area contributed by atoms with Crippen molar-refractivity contribution in [2.45, 2.75) is 52.7 Å². The predicted octanol–water partition coefficient (Wildman–Crippen LogP) is 3.14. The average molecular weight is 278 g/mol. The first-order valence-corrected chi connectivity index (χ1v) is 6.69. The summed E-state index contributed by atoms with van der Waals surface area (Å²) in [7, 11) is 0. The summed E-state index contributed by atoms with van der Waals surface area (Å²) < 4.78 is 10.3. The molecule has 0 N–H and O–H groups in total. The van der Waals surface area contributed by atoms with Crippen molar-refractivity contribution in [3.8, 4) is 0 Å². The van der Waals surface area contributed by atoms with Gasteiger partial charge in [-0.25, -0.2) is 4.79 Å². The van der Waals surface area contributed by atoms with Crippen molar-refractivity contribution in [1.29, 1.82) is 0 Å². The molecule has 0 aliphatic heterocycles. The topological polar surface area (TPSA) is 52.6 Å². The number of ether oxygens (including phenoxy) is 2. The first kappa shape index (κ1) is 16.2. The summed E-state index contributed by atoms with van der Waals surface area (Å²) in [5.74, 6) is -0.640. The molecule has 0 bridgehead atoms. The lowest BCUT2D eigenvalue weighted by Crippen LogP contribution is -2.23. The molecule has 0 saturated heterocycles. The van der Waals surface area contributed by atoms with Crippen LogP contribution in [0.15, 0.2) is 24.3 Å². The van der Waals surface area contributed by atoms with E-state index >= 15 is 0 Å². The Morgan fingerprint density at radius 2 is 1.65 bits per heavy atom. The zero-order valence-electron chi connectivity index (χ0n) is 12.7. The summed E-state index contributed by atoms with van der Waals surface area (Å²) in [6.45, 7) is 9.08. The van der Waals surface area contributed by atoms with Crippen molar-refractivity contribution in [1.82, 2.24) is 0 Å². The molecule has 1 aromatic rings. The van der Waals surface area contributed by atoms with E-state index in [4.69, 9.17) is 9.47 Å². The summed E-state index contributed by atoms with van der Waals surface area (Å²) in [5, 5.41) is 0. The highest BCUT2D eigenvalue weighted by Gasteiger charge is 2.17. The Hall–Kier alpha value is -1.84. The first-order chi connectivity index (χ1) is 9.17. The van der Waals surface area contributed by atoms with Crippen LogP contribution in [-0.4, -0.2) is 23.6 Å². The van der Waals surface area contributed by atoms with E-state index in [0.29, 0.717) is 5.56 Å². The van der Waals surface area contributed by atoms with E-state index in [1.807, 2.05) is 34.6 Å². The van der Waals surface area contributed by atoms with Crippen molar-refractivity contribution in [3.63, 3.8) is 0 Å². The van der Waals surface area contributed by atoms with E-state index in [-0.39, 0.29) is 24.5 Å². The molecule has 110 valence electrons. The monoisotopic (exact) mass is 278 g/mol. The fraction of sp³-hybridized carbons (Fsp3) is 0.500. The SMILES string of the molecule is CC(C)OC(=O)Cc1ccc(C(=O)OC(C)(C)C)cc1. The van der Waals surface area contributed by atoms with Gasteiger partial charge in [-0.05, 0) is 52.3 Å².